The lowest BCUT2D eigenvalue weighted by molar-refractivity contribution is 0.0955. The van der Waals surface area contributed by atoms with Crippen molar-refractivity contribution in [2.45, 2.75) is 13.3 Å². The molecule has 3 N–H and O–H groups in total. The Morgan fingerprint density at radius 1 is 1.53 bits per heavy atom. The molecule has 1 aromatic carbocycles. The molecule has 19 heavy (non-hydrogen) atoms. The van der Waals surface area contributed by atoms with Gasteiger partial charge in [-0.1, -0.05) is 6.07 Å². The Bertz CT molecular complexity index is 597. The quantitative estimate of drug-likeness (QED) is 0.841. The molecule has 0 spiro atoms. The molecule has 0 unspecified atom stereocenters. The molecule has 0 atom stereocenters. The molecular weight excluding hydrogens is 326 g/mol. The van der Waals surface area contributed by atoms with E-state index in [1.165, 1.54) is 0 Å². The number of nitrogens with zero attached hydrogens (tertiary/aromatic N) is 1. The van der Waals surface area contributed by atoms with Crippen molar-refractivity contribution in [1.82, 2.24) is 10.3 Å². The number of nitrogen functional groups attached to an aromatic ring is 1. The molecule has 0 bridgehead atoms. The predicted octanol–water partition coefficient (Wildman–Crippen LogP) is 2.77. The molecule has 1 heterocycles. The number of hydrogen-bond acceptors (Lipinski definition) is 4. The minimum absolute atomic E-state index is 0.160. The van der Waals surface area contributed by atoms with Crippen molar-refractivity contribution in [2.75, 3.05) is 12.3 Å². The SMILES string of the molecule is Cc1csc(CCNC(=O)c2cccc(Br)c2N)n1. The first-order valence-corrected chi connectivity index (χ1v) is 7.48. The van der Waals surface area contributed by atoms with E-state index in [9.17, 15) is 4.79 Å². The number of thiazole rings is 1. The van der Waals surface area contributed by atoms with E-state index in [2.05, 4.69) is 26.2 Å². The van der Waals surface area contributed by atoms with Crippen molar-refractivity contribution in [2.24, 2.45) is 0 Å². The molecule has 2 rings (SSSR count). The Hall–Kier alpha value is -1.40. The fourth-order valence-corrected chi connectivity index (χ4v) is 2.77. The van der Waals surface area contributed by atoms with Gasteiger partial charge in [-0.15, -0.1) is 11.3 Å². The molecule has 1 amide bonds. The number of halogens is 1. The maximum Gasteiger partial charge on any atom is 0.253 e. The Labute approximate surface area is 124 Å². The Morgan fingerprint density at radius 3 is 3.00 bits per heavy atom. The van der Waals surface area contributed by atoms with Gasteiger partial charge in [-0.2, -0.15) is 0 Å². The third-order valence-electron chi connectivity index (χ3n) is 2.59. The number of para-hydroxylation sites is 1. The van der Waals surface area contributed by atoms with Gasteiger partial charge in [0.25, 0.3) is 5.91 Å². The maximum atomic E-state index is 12.0. The van der Waals surface area contributed by atoms with Crippen molar-refractivity contribution < 1.29 is 4.79 Å². The number of aryl methyl sites for hydroxylation is 1. The summed E-state index contributed by atoms with van der Waals surface area (Å²) in [6.07, 6.45) is 0.734. The minimum Gasteiger partial charge on any atom is -0.397 e. The third-order valence-corrected chi connectivity index (χ3v) is 4.31. The molecule has 6 heteroatoms. The number of anilines is 1. The van der Waals surface area contributed by atoms with Crippen LogP contribution in [0, 0.1) is 6.92 Å². The molecule has 0 aliphatic rings. The van der Waals surface area contributed by atoms with Gasteiger partial charge in [-0.05, 0) is 35.0 Å². The number of rotatable bonds is 4. The van der Waals surface area contributed by atoms with Crippen molar-refractivity contribution in [3.8, 4) is 0 Å². The zero-order chi connectivity index (χ0) is 13.8. The first-order valence-electron chi connectivity index (χ1n) is 5.81. The van der Waals surface area contributed by atoms with E-state index < -0.39 is 0 Å². The van der Waals surface area contributed by atoms with Gasteiger partial charge >= 0.3 is 0 Å². The van der Waals surface area contributed by atoms with Gasteiger partial charge in [-0.3, -0.25) is 4.79 Å². The number of carbonyl (C=O) groups is 1. The summed E-state index contributed by atoms with van der Waals surface area (Å²) in [5.41, 5.74) is 7.82. The highest BCUT2D eigenvalue weighted by Crippen LogP contribution is 2.22. The van der Waals surface area contributed by atoms with E-state index in [0.717, 1.165) is 21.6 Å². The summed E-state index contributed by atoms with van der Waals surface area (Å²) in [4.78, 5) is 16.3. The smallest absolute Gasteiger partial charge is 0.253 e. The summed E-state index contributed by atoms with van der Waals surface area (Å²) in [5.74, 6) is -0.160. The van der Waals surface area contributed by atoms with Crippen molar-refractivity contribution in [3.05, 3.63) is 44.3 Å². The highest BCUT2D eigenvalue weighted by Gasteiger charge is 2.11. The van der Waals surface area contributed by atoms with Crippen molar-refractivity contribution >= 4 is 38.9 Å². The highest BCUT2D eigenvalue weighted by molar-refractivity contribution is 9.10. The van der Waals surface area contributed by atoms with E-state index in [1.54, 1.807) is 23.5 Å². The average molecular weight is 340 g/mol. The molecular formula is C13H14BrN3OS. The van der Waals surface area contributed by atoms with E-state index >= 15 is 0 Å². The fourth-order valence-electron chi connectivity index (χ4n) is 1.63. The molecule has 0 fully saturated rings. The molecule has 4 nitrogen and oxygen atoms in total. The van der Waals surface area contributed by atoms with Gasteiger partial charge in [-0.25, -0.2) is 4.98 Å². The van der Waals surface area contributed by atoms with Crippen LogP contribution in [-0.2, 0) is 6.42 Å². The van der Waals surface area contributed by atoms with Crippen LogP contribution < -0.4 is 11.1 Å². The lowest BCUT2D eigenvalue weighted by atomic mass is 10.1. The summed E-state index contributed by atoms with van der Waals surface area (Å²) in [6, 6.07) is 5.31. The largest absolute Gasteiger partial charge is 0.397 e. The second-order valence-corrected chi connectivity index (χ2v) is 5.89. The first kappa shape index (κ1) is 14.0. The zero-order valence-corrected chi connectivity index (χ0v) is 12.8. The number of nitrogens with two attached hydrogens (primary N) is 1. The summed E-state index contributed by atoms with van der Waals surface area (Å²) < 4.78 is 0.732. The van der Waals surface area contributed by atoms with E-state index in [0.29, 0.717) is 17.8 Å². The first-order chi connectivity index (χ1) is 9.08. The minimum atomic E-state index is -0.160. The topological polar surface area (TPSA) is 68.0 Å². The number of aromatic nitrogens is 1. The van der Waals surface area contributed by atoms with E-state index in [4.69, 9.17) is 5.73 Å². The number of hydrogen-bond donors (Lipinski definition) is 2. The van der Waals surface area contributed by atoms with Crippen LogP contribution in [0.2, 0.25) is 0 Å². The molecule has 100 valence electrons. The molecule has 0 saturated heterocycles. The lowest BCUT2D eigenvalue weighted by Gasteiger charge is -2.07. The summed E-state index contributed by atoms with van der Waals surface area (Å²) in [6.45, 7) is 2.51. The summed E-state index contributed by atoms with van der Waals surface area (Å²) in [5, 5.41) is 5.88. The number of benzene rings is 1. The van der Waals surface area contributed by atoms with E-state index in [-0.39, 0.29) is 5.91 Å². The van der Waals surface area contributed by atoms with Crippen LogP contribution in [0.5, 0.6) is 0 Å². The molecule has 1 aromatic heterocycles. The van der Waals surface area contributed by atoms with E-state index in [1.807, 2.05) is 18.4 Å². The van der Waals surface area contributed by atoms with Gasteiger partial charge in [0.15, 0.2) is 0 Å². The third kappa shape index (κ3) is 3.54. The Balaban J connectivity index is 1.93. The summed E-state index contributed by atoms with van der Waals surface area (Å²) >= 11 is 4.92. The van der Waals surface area contributed by atoms with Crippen LogP contribution in [0.4, 0.5) is 5.69 Å². The van der Waals surface area contributed by atoms with Crippen LogP contribution in [0.15, 0.2) is 28.1 Å². The monoisotopic (exact) mass is 339 g/mol. The van der Waals surface area contributed by atoms with Crippen LogP contribution in [0.1, 0.15) is 21.1 Å². The van der Waals surface area contributed by atoms with Crippen LogP contribution >= 0.6 is 27.3 Å². The van der Waals surface area contributed by atoms with Gasteiger partial charge in [0, 0.05) is 28.5 Å². The predicted molar refractivity (Wildman–Crippen MR) is 81.4 cm³/mol. The molecule has 2 aromatic rings. The van der Waals surface area contributed by atoms with Crippen LogP contribution in [-0.4, -0.2) is 17.4 Å². The molecule has 0 saturated carbocycles. The fraction of sp³-hybridized carbons (Fsp3) is 0.231. The van der Waals surface area contributed by atoms with Crippen LogP contribution in [0.3, 0.4) is 0 Å². The van der Waals surface area contributed by atoms with Gasteiger partial charge in [0.2, 0.25) is 0 Å². The average Bonchev–Trinajstić information content (AvgIpc) is 2.78. The Kier molecular flexibility index (Phi) is 4.55. The molecule has 0 radical (unpaired) electrons. The molecule has 0 aliphatic carbocycles. The number of carbonyl (C=O) groups excluding carboxylic acids is 1. The van der Waals surface area contributed by atoms with Crippen LogP contribution in [0.25, 0.3) is 0 Å². The van der Waals surface area contributed by atoms with Gasteiger partial charge in [0.1, 0.15) is 0 Å². The highest BCUT2D eigenvalue weighted by atomic mass is 79.9. The normalized spacial score (nSPS) is 10.4. The number of nitrogens with one attached hydrogen (secondary N) is 1. The van der Waals surface area contributed by atoms with Crippen molar-refractivity contribution in [1.29, 1.82) is 0 Å². The maximum absolute atomic E-state index is 12.0. The molecule has 0 aliphatic heterocycles. The number of amides is 1. The Morgan fingerprint density at radius 2 is 2.32 bits per heavy atom. The van der Waals surface area contributed by atoms with Gasteiger partial charge in [0.05, 0.1) is 16.3 Å². The van der Waals surface area contributed by atoms with Crippen molar-refractivity contribution in [3.63, 3.8) is 0 Å². The second-order valence-electron chi connectivity index (χ2n) is 4.09. The lowest BCUT2D eigenvalue weighted by Crippen LogP contribution is -2.26. The summed E-state index contributed by atoms with van der Waals surface area (Å²) in [7, 11) is 0. The second kappa shape index (κ2) is 6.16. The van der Waals surface area contributed by atoms with Gasteiger partial charge < -0.3 is 11.1 Å². The zero-order valence-electron chi connectivity index (χ0n) is 10.4. The standard InChI is InChI=1S/C13H14BrN3OS/c1-8-7-19-11(17-8)5-6-16-13(18)9-3-2-4-10(14)12(9)15/h2-4,7H,5-6,15H2,1H3,(H,16,18).